The molecule has 2 heterocycles. The summed E-state index contributed by atoms with van der Waals surface area (Å²) in [6.45, 7) is 5.91. The van der Waals surface area contributed by atoms with Crippen molar-refractivity contribution in [2.24, 2.45) is 0 Å². The van der Waals surface area contributed by atoms with Gasteiger partial charge in [0.15, 0.2) is 0 Å². The van der Waals surface area contributed by atoms with E-state index in [0.717, 1.165) is 21.6 Å². The van der Waals surface area contributed by atoms with E-state index in [1.165, 1.54) is 16.2 Å². The number of amides is 1. The van der Waals surface area contributed by atoms with Crippen molar-refractivity contribution in [1.82, 2.24) is 0 Å². The molecule has 1 atom stereocenters. The lowest BCUT2D eigenvalue weighted by atomic mass is 9.98. The summed E-state index contributed by atoms with van der Waals surface area (Å²) in [5, 5.41) is 13.1. The Labute approximate surface area is 185 Å². The summed E-state index contributed by atoms with van der Waals surface area (Å²) in [5.74, 6) is -0.886. The molecule has 0 bridgehead atoms. The third-order valence-corrected chi connectivity index (χ3v) is 6.80. The van der Waals surface area contributed by atoms with E-state index < -0.39 is 17.7 Å². The Kier molecular flexibility index (Phi) is 5.41. The average Bonchev–Trinajstić information content (AvgIpc) is 3.30. The lowest BCUT2D eigenvalue weighted by molar-refractivity contribution is -0.132. The molecule has 3 aromatic rings. The molecule has 158 valence electrons. The molecule has 2 aromatic carbocycles. The van der Waals surface area contributed by atoms with E-state index >= 15 is 0 Å². The van der Waals surface area contributed by atoms with Crippen LogP contribution < -0.4 is 9.64 Å². The Morgan fingerprint density at radius 2 is 1.68 bits per heavy atom. The third-order valence-electron chi connectivity index (χ3n) is 5.73. The zero-order chi connectivity index (χ0) is 22.3. The third kappa shape index (κ3) is 3.53. The van der Waals surface area contributed by atoms with Crippen LogP contribution in [-0.2, 0) is 9.59 Å². The molecule has 1 fully saturated rings. The highest BCUT2D eigenvalue weighted by Gasteiger charge is 2.47. The molecule has 1 saturated heterocycles. The van der Waals surface area contributed by atoms with Gasteiger partial charge in [0, 0.05) is 16.1 Å². The summed E-state index contributed by atoms with van der Waals surface area (Å²) in [6, 6.07) is 13.7. The fourth-order valence-corrected chi connectivity index (χ4v) is 4.82. The zero-order valence-corrected chi connectivity index (χ0v) is 18.6. The second-order valence-electron chi connectivity index (χ2n) is 7.63. The summed E-state index contributed by atoms with van der Waals surface area (Å²) in [5.41, 5.74) is 4.28. The zero-order valence-electron chi connectivity index (χ0n) is 17.8. The molecule has 31 heavy (non-hydrogen) atoms. The highest BCUT2D eigenvalue weighted by atomic mass is 32.1. The van der Waals surface area contributed by atoms with Crippen molar-refractivity contribution >= 4 is 34.5 Å². The van der Waals surface area contributed by atoms with Crippen LogP contribution in [0, 0.1) is 20.8 Å². The number of aryl methyl sites for hydroxylation is 3. The molecule has 5 nitrogen and oxygen atoms in total. The van der Waals surface area contributed by atoms with Crippen LogP contribution in [0.1, 0.15) is 33.2 Å². The molecule has 4 rings (SSSR count). The number of anilines is 1. The molecule has 1 aliphatic heterocycles. The highest BCUT2D eigenvalue weighted by Crippen LogP contribution is 2.45. The molecule has 1 aliphatic rings. The Morgan fingerprint density at radius 1 is 0.968 bits per heavy atom. The number of Topliss-reactive ketones (excluding diaryl/α,β-unsaturated/α-hetero) is 1. The topological polar surface area (TPSA) is 66.8 Å². The monoisotopic (exact) mass is 433 g/mol. The molecule has 0 spiro atoms. The first-order valence-corrected chi connectivity index (χ1v) is 10.8. The maximum Gasteiger partial charge on any atom is 0.300 e. The van der Waals surface area contributed by atoms with Gasteiger partial charge in [0.05, 0.1) is 12.7 Å². The molecule has 0 saturated carbocycles. The number of benzene rings is 2. The number of aliphatic hydroxyl groups excluding tert-OH is 1. The van der Waals surface area contributed by atoms with Crippen molar-refractivity contribution < 1.29 is 19.4 Å². The molecule has 1 unspecified atom stereocenters. The molecular formula is C25H23NO4S. The molecular weight excluding hydrogens is 410 g/mol. The number of ether oxygens (including phenoxy) is 1. The fourth-order valence-electron chi connectivity index (χ4n) is 3.79. The summed E-state index contributed by atoms with van der Waals surface area (Å²) >= 11 is 1.47. The standard InChI is InChI=1S/C25H23NO4S/c1-14-5-8-18(13-16(14)3)26-21(24-15(2)11-12-31-24)20(23(28)25(26)29)22(27)17-6-9-19(30-4)10-7-17/h5-13,21,27H,1-4H3/b22-20-. The minimum atomic E-state index is -0.691. The maximum atomic E-state index is 13.2. The Hall–Kier alpha value is -3.38. The largest absolute Gasteiger partial charge is 0.507 e. The Bertz CT molecular complexity index is 1210. The minimum absolute atomic E-state index is 0.0962. The number of rotatable bonds is 4. The molecule has 0 aliphatic carbocycles. The van der Waals surface area contributed by atoms with Crippen LogP contribution >= 0.6 is 11.3 Å². The van der Waals surface area contributed by atoms with Gasteiger partial charge in [-0.05, 0) is 85.3 Å². The van der Waals surface area contributed by atoms with Crippen LogP contribution in [0.3, 0.4) is 0 Å². The highest BCUT2D eigenvalue weighted by molar-refractivity contribution is 7.10. The number of ketones is 1. The summed E-state index contributed by atoms with van der Waals surface area (Å²) in [7, 11) is 1.56. The van der Waals surface area contributed by atoms with Crippen LogP contribution in [0.15, 0.2) is 59.5 Å². The van der Waals surface area contributed by atoms with Gasteiger partial charge in [0.1, 0.15) is 17.6 Å². The van der Waals surface area contributed by atoms with Crippen molar-refractivity contribution in [3.05, 3.63) is 86.6 Å². The van der Waals surface area contributed by atoms with Gasteiger partial charge in [-0.3, -0.25) is 14.5 Å². The van der Waals surface area contributed by atoms with E-state index in [1.807, 2.05) is 50.4 Å². The number of hydrogen-bond acceptors (Lipinski definition) is 5. The van der Waals surface area contributed by atoms with E-state index in [2.05, 4.69) is 0 Å². The number of aliphatic hydroxyl groups is 1. The predicted molar refractivity (Wildman–Crippen MR) is 123 cm³/mol. The van der Waals surface area contributed by atoms with Gasteiger partial charge < -0.3 is 9.84 Å². The van der Waals surface area contributed by atoms with Crippen LogP contribution in [0.4, 0.5) is 5.69 Å². The summed E-state index contributed by atoms with van der Waals surface area (Å²) in [4.78, 5) is 28.7. The van der Waals surface area contributed by atoms with E-state index in [1.54, 1.807) is 31.4 Å². The molecule has 1 amide bonds. The smallest absolute Gasteiger partial charge is 0.300 e. The van der Waals surface area contributed by atoms with Crippen molar-refractivity contribution in [1.29, 1.82) is 0 Å². The first-order valence-electron chi connectivity index (χ1n) is 9.90. The SMILES string of the molecule is COc1ccc(/C(O)=C2/C(=O)C(=O)N(c3ccc(C)c(C)c3)C2c2sccc2C)cc1. The second-order valence-corrected chi connectivity index (χ2v) is 8.58. The Balaban J connectivity index is 1.93. The number of carbonyl (C=O) groups is 2. The molecule has 0 radical (unpaired) electrons. The van der Waals surface area contributed by atoms with Crippen molar-refractivity contribution in [3.63, 3.8) is 0 Å². The normalized spacial score (nSPS) is 17.9. The lowest BCUT2D eigenvalue weighted by Gasteiger charge is -2.25. The van der Waals surface area contributed by atoms with Gasteiger partial charge in [-0.25, -0.2) is 0 Å². The molecule has 6 heteroatoms. The molecule has 1 N–H and O–H groups in total. The van der Waals surface area contributed by atoms with Crippen LogP contribution in [0.25, 0.3) is 5.76 Å². The van der Waals surface area contributed by atoms with E-state index in [4.69, 9.17) is 4.74 Å². The van der Waals surface area contributed by atoms with Crippen LogP contribution in [-0.4, -0.2) is 23.9 Å². The van der Waals surface area contributed by atoms with Gasteiger partial charge in [0.25, 0.3) is 11.7 Å². The minimum Gasteiger partial charge on any atom is -0.507 e. The van der Waals surface area contributed by atoms with Crippen LogP contribution in [0.5, 0.6) is 5.75 Å². The number of thiophene rings is 1. The van der Waals surface area contributed by atoms with E-state index in [9.17, 15) is 14.7 Å². The van der Waals surface area contributed by atoms with E-state index in [-0.39, 0.29) is 11.3 Å². The summed E-state index contributed by atoms with van der Waals surface area (Å²) in [6.07, 6.45) is 0. The quantitative estimate of drug-likeness (QED) is 0.344. The van der Waals surface area contributed by atoms with Gasteiger partial charge in [-0.1, -0.05) is 6.07 Å². The first kappa shape index (κ1) is 20.9. The van der Waals surface area contributed by atoms with Gasteiger partial charge in [0.2, 0.25) is 0 Å². The van der Waals surface area contributed by atoms with Gasteiger partial charge in [-0.15, -0.1) is 11.3 Å². The first-order chi connectivity index (χ1) is 14.8. The van der Waals surface area contributed by atoms with Crippen molar-refractivity contribution in [3.8, 4) is 5.75 Å². The number of methoxy groups -OCH3 is 1. The van der Waals surface area contributed by atoms with Crippen LogP contribution in [0.2, 0.25) is 0 Å². The predicted octanol–water partition coefficient (Wildman–Crippen LogP) is 5.31. The summed E-state index contributed by atoms with van der Waals surface area (Å²) < 4.78 is 5.18. The van der Waals surface area contributed by atoms with Gasteiger partial charge in [-0.2, -0.15) is 0 Å². The average molecular weight is 434 g/mol. The number of nitrogens with zero attached hydrogens (tertiary/aromatic N) is 1. The fraction of sp³-hybridized carbons (Fsp3) is 0.200. The second kappa shape index (κ2) is 8.04. The van der Waals surface area contributed by atoms with E-state index in [0.29, 0.717) is 17.0 Å². The molecule has 1 aromatic heterocycles. The van der Waals surface area contributed by atoms with Crippen molar-refractivity contribution in [2.75, 3.05) is 12.0 Å². The number of hydrogen-bond donors (Lipinski definition) is 1. The lowest BCUT2D eigenvalue weighted by Crippen LogP contribution is -2.29. The number of carbonyl (C=O) groups excluding carboxylic acids is 2. The van der Waals surface area contributed by atoms with Gasteiger partial charge >= 0.3 is 0 Å². The Morgan fingerprint density at radius 3 is 2.26 bits per heavy atom. The van der Waals surface area contributed by atoms with Crippen molar-refractivity contribution in [2.45, 2.75) is 26.8 Å². The maximum absolute atomic E-state index is 13.2.